The predicted molar refractivity (Wildman–Crippen MR) is 113 cm³/mol. The van der Waals surface area contributed by atoms with Gasteiger partial charge >= 0.3 is 5.97 Å². The van der Waals surface area contributed by atoms with Gasteiger partial charge in [-0.1, -0.05) is 60.7 Å². The van der Waals surface area contributed by atoms with E-state index in [4.69, 9.17) is 9.47 Å². The van der Waals surface area contributed by atoms with Gasteiger partial charge in [0.15, 0.2) is 13.2 Å². The molecule has 0 radical (unpaired) electrons. The first-order chi connectivity index (χ1) is 14.1. The second-order valence-corrected chi connectivity index (χ2v) is 6.95. The molecule has 0 unspecified atom stereocenters. The number of hydrogen-bond donors (Lipinski definition) is 1. The molecule has 0 fully saturated rings. The number of aryl methyl sites for hydroxylation is 1. The summed E-state index contributed by atoms with van der Waals surface area (Å²) >= 11 is 0. The number of nitrogens with one attached hydrogen (secondary N) is 1. The maximum Gasteiger partial charge on any atom is 0.344 e. The van der Waals surface area contributed by atoms with Gasteiger partial charge < -0.3 is 14.8 Å². The molecule has 3 aromatic rings. The van der Waals surface area contributed by atoms with Gasteiger partial charge in [-0.05, 0) is 48.2 Å². The molecule has 0 bridgehead atoms. The molecule has 0 aliphatic carbocycles. The van der Waals surface area contributed by atoms with Gasteiger partial charge in [-0.25, -0.2) is 4.79 Å². The van der Waals surface area contributed by atoms with E-state index in [0.29, 0.717) is 5.75 Å². The maximum absolute atomic E-state index is 12.0. The summed E-state index contributed by atoms with van der Waals surface area (Å²) in [5.41, 5.74) is 1.23. The number of carbonyl (C=O) groups is 2. The van der Waals surface area contributed by atoms with Gasteiger partial charge in [0.25, 0.3) is 5.91 Å². The van der Waals surface area contributed by atoms with Crippen LogP contribution in [0, 0.1) is 0 Å². The van der Waals surface area contributed by atoms with E-state index >= 15 is 0 Å². The SMILES string of the molecule is C[C@H](CCc1ccccc1)NC(=O)COC(=O)COc1ccc2ccccc2c1. The van der Waals surface area contributed by atoms with Crippen molar-refractivity contribution in [1.82, 2.24) is 5.32 Å². The zero-order valence-corrected chi connectivity index (χ0v) is 16.5. The molecule has 1 atom stereocenters. The third kappa shape index (κ3) is 6.64. The number of carbonyl (C=O) groups excluding carboxylic acids is 2. The second-order valence-electron chi connectivity index (χ2n) is 6.95. The Morgan fingerprint density at radius 1 is 0.897 bits per heavy atom. The lowest BCUT2D eigenvalue weighted by Crippen LogP contribution is -2.36. The maximum atomic E-state index is 12.0. The number of fused-ring (bicyclic) bond motifs is 1. The van der Waals surface area contributed by atoms with E-state index < -0.39 is 5.97 Å². The fourth-order valence-corrected chi connectivity index (χ4v) is 3.00. The number of ether oxygens (including phenoxy) is 2. The number of rotatable bonds is 9. The summed E-state index contributed by atoms with van der Waals surface area (Å²) in [6, 6.07) is 23.6. The van der Waals surface area contributed by atoms with E-state index in [2.05, 4.69) is 17.4 Å². The second kappa shape index (κ2) is 10.3. The van der Waals surface area contributed by atoms with E-state index in [1.165, 1.54) is 5.56 Å². The average Bonchev–Trinajstić information content (AvgIpc) is 2.75. The van der Waals surface area contributed by atoms with Crippen LogP contribution in [0.25, 0.3) is 10.8 Å². The average molecular weight is 391 g/mol. The minimum Gasteiger partial charge on any atom is -0.482 e. The van der Waals surface area contributed by atoms with Crippen LogP contribution in [-0.2, 0) is 20.7 Å². The van der Waals surface area contributed by atoms with Crippen molar-refractivity contribution in [1.29, 1.82) is 0 Å². The smallest absolute Gasteiger partial charge is 0.344 e. The van der Waals surface area contributed by atoms with Crippen molar-refractivity contribution in [3.63, 3.8) is 0 Å². The standard InChI is InChI=1S/C24H25NO4/c1-18(11-12-19-7-3-2-4-8-19)25-23(26)16-29-24(27)17-28-22-14-13-20-9-5-6-10-21(20)15-22/h2-10,13-15,18H,11-12,16-17H2,1H3,(H,25,26)/t18-/m1/s1. The molecular formula is C24H25NO4. The summed E-state index contributed by atoms with van der Waals surface area (Å²) < 4.78 is 10.5. The van der Waals surface area contributed by atoms with Crippen molar-refractivity contribution in [2.45, 2.75) is 25.8 Å². The quantitative estimate of drug-likeness (QED) is 0.562. The largest absolute Gasteiger partial charge is 0.482 e. The van der Waals surface area contributed by atoms with Crippen molar-refractivity contribution in [3.8, 4) is 5.75 Å². The van der Waals surface area contributed by atoms with Gasteiger partial charge in [-0.15, -0.1) is 0 Å². The van der Waals surface area contributed by atoms with Crippen LogP contribution in [-0.4, -0.2) is 31.1 Å². The normalized spacial score (nSPS) is 11.6. The minimum atomic E-state index is -0.578. The van der Waals surface area contributed by atoms with Crippen LogP contribution in [0.2, 0.25) is 0 Å². The zero-order valence-electron chi connectivity index (χ0n) is 16.5. The summed E-state index contributed by atoms with van der Waals surface area (Å²) in [4.78, 5) is 23.8. The van der Waals surface area contributed by atoms with E-state index in [0.717, 1.165) is 23.6 Å². The van der Waals surface area contributed by atoms with Gasteiger partial charge in [-0.3, -0.25) is 4.79 Å². The monoisotopic (exact) mass is 391 g/mol. The lowest BCUT2D eigenvalue weighted by Gasteiger charge is -2.14. The van der Waals surface area contributed by atoms with Crippen molar-refractivity contribution in [2.75, 3.05) is 13.2 Å². The summed E-state index contributed by atoms with van der Waals surface area (Å²) in [5.74, 6) is -0.311. The molecule has 0 aromatic heterocycles. The Morgan fingerprint density at radius 3 is 2.41 bits per heavy atom. The van der Waals surface area contributed by atoms with E-state index in [-0.39, 0.29) is 25.2 Å². The van der Waals surface area contributed by atoms with Crippen LogP contribution in [0.5, 0.6) is 5.75 Å². The Hall–Kier alpha value is -3.34. The Kier molecular flexibility index (Phi) is 7.22. The molecule has 1 amide bonds. The molecule has 0 aliphatic heterocycles. The lowest BCUT2D eigenvalue weighted by atomic mass is 10.1. The van der Waals surface area contributed by atoms with Gasteiger partial charge in [0.05, 0.1) is 0 Å². The highest BCUT2D eigenvalue weighted by atomic mass is 16.6. The summed E-state index contributed by atoms with van der Waals surface area (Å²) in [6.45, 7) is 1.39. The molecule has 5 nitrogen and oxygen atoms in total. The first-order valence-corrected chi connectivity index (χ1v) is 9.70. The molecule has 0 heterocycles. The number of benzene rings is 3. The van der Waals surface area contributed by atoms with Crippen molar-refractivity contribution >= 4 is 22.6 Å². The molecule has 1 N–H and O–H groups in total. The highest BCUT2D eigenvalue weighted by molar-refractivity contribution is 5.84. The fourth-order valence-electron chi connectivity index (χ4n) is 3.00. The molecule has 29 heavy (non-hydrogen) atoms. The Bertz CT molecular complexity index is 955. The number of hydrogen-bond acceptors (Lipinski definition) is 4. The van der Waals surface area contributed by atoms with Crippen molar-refractivity contribution < 1.29 is 19.1 Å². The van der Waals surface area contributed by atoms with E-state index in [1.807, 2.05) is 61.5 Å². The third-order valence-electron chi connectivity index (χ3n) is 4.56. The zero-order chi connectivity index (χ0) is 20.5. The minimum absolute atomic E-state index is 0.00439. The predicted octanol–water partition coefficient (Wildman–Crippen LogP) is 3.90. The molecule has 150 valence electrons. The molecule has 0 aliphatic rings. The lowest BCUT2D eigenvalue weighted by molar-refractivity contribution is -0.150. The van der Waals surface area contributed by atoms with Crippen LogP contribution in [0.3, 0.4) is 0 Å². The van der Waals surface area contributed by atoms with Crippen molar-refractivity contribution in [3.05, 3.63) is 78.4 Å². The molecule has 0 spiro atoms. The third-order valence-corrected chi connectivity index (χ3v) is 4.56. The number of amides is 1. The molecule has 3 rings (SSSR count). The van der Waals surface area contributed by atoms with Crippen LogP contribution < -0.4 is 10.1 Å². The van der Waals surface area contributed by atoms with Crippen molar-refractivity contribution in [2.24, 2.45) is 0 Å². The topological polar surface area (TPSA) is 64.6 Å². The molecule has 3 aromatic carbocycles. The summed E-state index contributed by atoms with van der Waals surface area (Å²) in [7, 11) is 0. The van der Waals surface area contributed by atoms with Gasteiger partial charge in [0, 0.05) is 6.04 Å². The summed E-state index contributed by atoms with van der Waals surface area (Å²) in [6.07, 6.45) is 1.69. The highest BCUT2D eigenvalue weighted by Gasteiger charge is 2.11. The molecule has 5 heteroatoms. The van der Waals surface area contributed by atoms with Crippen LogP contribution in [0.15, 0.2) is 72.8 Å². The van der Waals surface area contributed by atoms with Gasteiger partial charge in [0.1, 0.15) is 5.75 Å². The van der Waals surface area contributed by atoms with Crippen LogP contribution in [0.1, 0.15) is 18.9 Å². The first-order valence-electron chi connectivity index (χ1n) is 9.70. The van der Waals surface area contributed by atoms with E-state index in [9.17, 15) is 9.59 Å². The van der Waals surface area contributed by atoms with Crippen LogP contribution in [0.4, 0.5) is 0 Å². The Labute approximate surface area is 170 Å². The Morgan fingerprint density at radius 2 is 1.62 bits per heavy atom. The van der Waals surface area contributed by atoms with Crippen LogP contribution >= 0.6 is 0 Å². The molecule has 0 saturated carbocycles. The first kappa shape index (κ1) is 20.4. The number of esters is 1. The van der Waals surface area contributed by atoms with Gasteiger partial charge in [0.2, 0.25) is 0 Å². The summed E-state index contributed by atoms with van der Waals surface area (Å²) in [5, 5.41) is 4.97. The van der Waals surface area contributed by atoms with E-state index in [1.54, 1.807) is 6.07 Å². The highest BCUT2D eigenvalue weighted by Crippen LogP contribution is 2.20. The molecular weight excluding hydrogens is 366 g/mol. The fraction of sp³-hybridized carbons (Fsp3) is 0.250. The van der Waals surface area contributed by atoms with Gasteiger partial charge in [-0.2, -0.15) is 0 Å². The molecule has 0 saturated heterocycles. The Balaban J connectivity index is 1.35.